The van der Waals surface area contributed by atoms with E-state index in [2.05, 4.69) is 15.3 Å². The van der Waals surface area contributed by atoms with Gasteiger partial charge in [-0.2, -0.15) is 0 Å². The van der Waals surface area contributed by atoms with Gasteiger partial charge in [0.15, 0.2) is 9.84 Å². The zero-order chi connectivity index (χ0) is 20.3. The number of anilines is 1. The van der Waals surface area contributed by atoms with Crippen molar-refractivity contribution >= 4 is 32.5 Å². The SMILES string of the molecule is CN(C)C(=O)[C@@H](Cc1ccccc1)Nc1ncnc2ccc(S(C)(=O)=O)cc12. The van der Waals surface area contributed by atoms with Gasteiger partial charge in [-0.3, -0.25) is 4.79 Å². The van der Waals surface area contributed by atoms with Crippen LogP contribution in [0.3, 0.4) is 0 Å². The van der Waals surface area contributed by atoms with Gasteiger partial charge in [-0.05, 0) is 23.8 Å². The maximum absolute atomic E-state index is 12.7. The van der Waals surface area contributed by atoms with Crippen LogP contribution in [0.25, 0.3) is 10.9 Å². The molecule has 3 rings (SSSR count). The minimum atomic E-state index is -3.38. The molecule has 0 saturated carbocycles. The first-order valence-electron chi connectivity index (χ1n) is 8.72. The van der Waals surface area contributed by atoms with Crippen molar-refractivity contribution in [2.24, 2.45) is 0 Å². The first kappa shape index (κ1) is 19.8. The van der Waals surface area contributed by atoms with E-state index in [9.17, 15) is 13.2 Å². The van der Waals surface area contributed by atoms with E-state index in [1.165, 1.54) is 23.4 Å². The van der Waals surface area contributed by atoms with Crippen LogP contribution in [-0.2, 0) is 21.1 Å². The maximum atomic E-state index is 12.7. The van der Waals surface area contributed by atoms with Crippen molar-refractivity contribution < 1.29 is 13.2 Å². The molecule has 0 aliphatic carbocycles. The Bertz CT molecular complexity index is 1100. The van der Waals surface area contributed by atoms with Crippen molar-refractivity contribution in [2.45, 2.75) is 17.4 Å². The highest BCUT2D eigenvalue weighted by Crippen LogP contribution is 2.24. The molecule has 146 valence electrons. The molecule has 0 unspecified atom stereocenters. The van der Waals surface area contributed by atoms with Crippen LogP contribution in [0.1, 0.15) is 5.56 Å². The molecule has 0 aliphatic rings. The quantitative estimate of drug-likeness (QED) is 0.684. The summed E-state index contributed by atoms with van der Waals surface area (Å²) in [6.45, 7) is 0. The number of rotatable bonds is 6. The fourth-order valence-electron chi connectivity index (χ4n) is 2.91. The number of carbonyl (C=O) groups is 1. The van der Waals surface area contributed by atoms with Crippen molar-refractivity contribution in [1.82, 2.24) is 14.9 Å². The lowest BCUT2D eigenvalue weighted by Gasteiger charge is -2.23. The second-order valence-corrected chi connectivity index (χ2v) is 8.81. The number of nitrogens with one attached hydrogen (secondary N) is 1. The number of amides is 1. The van der Waals surface area contributed by atoms with Gasteiger partial charge in [-0.25, -0.2) is 18.4 Å². The van der Waals surface area contributed by atoms with Crippen LogP contribution in [-0.4, -0.2) is 55.6 Å². The minimum absolute atomic E-state index is 0.102. The van der Waals surface area contributed by atoms with E-state index >= 15 is 0 Å². The summed E-state index contributed by atoms with van der Waals surface area (Å²) in [5.41, 5.74) is 1.60. The average molecular weight is 398 g/mol. The summed E-state index contributed by atoms with van der Waals surface area (Å²) < 4.78 is 23.9. The summed E-state index contributed by atoms with van der Waals surface area (Å²) in [6.07, 6.45) is 3.01. The number of carbonyl (C=O) groups excluding carboxylic acids is 1. The van der Waals surface area contributed by atoms with Crippen LogP contribution in [0.15, 0.2) is 59.8 Å². The van der Waals surface area contributed by atoms with Gasteiger partial charge in [0.2, 0.25) is 5.91 Å². The Balaban J connectivity index is 2.02. The van der Waals surface area contributed by atoms with E-state index in [0.29, 0.717) is 23.1 Å². The Labute approximate surface area is 164 Å². The number of aromatic nitrogens is 2. The van der Waals surface area contributed by atoms with Crippen LogP contribution < -0.4 is 5.32 Å². The minimum Gasteiger partial charge on any atom is -0.357 e. The predicted octanol–water partition coefficient (Wildman–Crippen LogP) is 2.14. The molecule has 28 heavy (non-hydrogen) atoms. The fraction of sp³-hybridized carbons (Fsp3) is 0.250. The molecule has 7 nitrogen and oxygen atoms in total. The Hall–Kier alpha value is -3.00. The molecule has 2 aromatic carbocycles. The van der Waals surface area contributed by atoms with E-state index in [1.807, 2.05) is 30.3 Å². The Kier molecular flexibility index (Phi) is 5.60. The van der Waals surface area contributed by atoms with E-state index < -0.39 is 15.9 Å². The van der Waals surface area contributed by atoms with E-state index in [0.717, 1.165) is 11.8 Å². The Morgan fingerprint density at radius 2 is 1.82 bits per heavy atom. The van der Waals surface area contributed by atoms with Crippen LogP contribution in [0, 0.1) is 0 Å². The molecular weight excluding hydrogens is 376 g/mol. The number of hydrogen-bond donors (Lipinski definition) is 1. The molecule has 1 aromatic heterocycles. The van der Waals surface area contributed by atoms with Gasteiger partial charge in [-0.1, -0.05) is 30.3 Å². The van der Waals surface area contributed by atoms with Gasteiger partial charge in [0, 0.05) is 32.2 Å². The van der Waals surface area contributed by atoms with Crippen molar-refractivity contribution in [1.29, 1.82) is 0 Å². The van der Waals surface area contributed by atoms with Crippen molar-refractivity contribution in [2.75, 3.05) is 25.7 Å². The van der Waals surface area contributed by atoms with Gasteiger partial charge in [0.25, 0.3) is 0 Å². The molecule has 1 amide bonds. The van der Waals surface area contributed by atoms with Crippen LogP contribution in [0.2, 0.25) is 0 Å². The number of likely N-dealkylation sites (N-methyl/N-ethyl adjacent to an activating group) is 1. The van der Waals surface area contributed by atoms with E-state index in [-0.39, 0.29) is 10.8 Å². The monoisotopic (exact) mass is 398 g/mol. The summed E-state index contributed by atoms with van der Waals surface area (Å²) >= 11 is 0. The smallest absolute Gasteiger partial charge is 0.244 e. The second kappa shape index (κ2) is 7.93. The van der Waals surface area contributed by atoms with Gasteiger partial charge >= 0.3 is 0 Å². The maximum Gasteiger partial charge on any atom is 0.244 e. The molecule has 0 bridgehead atoms. The zero-order valence-corrected chi connectivity index (χ0v) is 16.8. The lowest BCUT2D eigenvalue weighted by molar-refractivity contribution is -0.129. The third kappa shape index (κ3) is 4.45. The van der Waals surface area contributed by atoms with Gasteiger partial charge < -0.3 is 10.2 Å². The largest absolute Gasteiger partial charge is 0.357 e. The highest BCUT2D eigenvalue weighted by molar-refractivity contribution is 7.90. The summed E-state index contributed by atoms with van der Waals surface area (Å²) in [5, 5.41) is 3.74. The van der Waals surface area contributed by atoms with Crippen LogP contribution in [0.5, 0.6) is 0 Å². The summed E-state index contributed by atoms with van der Waals surface area (Å²) in [4.78, 5) is 22.9. The molecule has 1 atom stereocenters. The molecule has 0 aliphatic heterocycles. The summed E-state index contributed by atoms with van der Waals surface area (Å²) in [5.74, 6) is 0.321. The van der Waals surface area contributed by atoms with Gasteiger partial charge in [0.1, 0.15) is 18.2 Å². The molecule has 1 N–H and O–H groups in total. The van der Waals surface area contributed by atoms with Crippen molar-refractivity contribution in [3.8, 4) is 0 Å². The standard InChI is InChI=1S/C20H22N4O3S/c1-24(2)20(25)18(11-14-7-5-4-6-8-14)23-19-16-12-15(28(3,26)27)9-10-17(16)21-13-22-19/h4-10,12-13,18H,11H2,1-3H3,(H,21,22,23)/t18-/m1/s1. The second-order valence-electron chi connectivity index (χ2n) is 6.79. The summed E-state index contributed by atoms with van der Waals surface area (Å²) in [6, 6.07) is 13.8. The molecule has 8 heteroatoms. The van der Waals surface area contributed by atoms with Crippen LogP contribution >= 0.6 is 0 Å². The first-order chi connectivity index (χ1) is 13.3. The molecule has 0 spiro atoms. The first-order valence-corrected chi connectivity index (χ1v) is 10.6. The number of fused-ring (bicyclic) bond motifs is 1. The zero-order valence-electron chi connectivity index (χ0n) is 16.0. The third-order valence-electron chi connectivity index (χ3n) is 4.37. The fourth-order valence-corrected chi connectivity index (χ4v) is 3.56. The molecule has 1 heterocycles. The summed E-state index contributed by atoms with van der Waals surface area (Å²) in [7, 11) is 0.0162. The van der Waals surface area contributed by atoms with Crippen molar-refractivity contribution in [3.63, 3.8) is 0 Å². The lowest BCUT2D eigenvalue weighted by Crippen LogP contribution is -2.40. The normalized spacial score (nSPS) is 12.5. The van der Waals surface area contributed by atoms with E-state index in [4.69, 9.17) is 0 Å². The highest BCUT2D eigenvalue weighted by atomic mass is 32.2. The number of hydrogen-bond acceptors (Lipinski definition) is 6. The molecule has 0 fully saturated rings. The van der Waals surface area contributed by atoms with E-state index in [1.54, 1.807) is 20.2 Å². The Morgan fingerprint density at radius 3 is 2.46 bits per heavy atom. The molecule has 0 saturated heterocycles. The van der Waals surface area contributed by atoms with Gasteiger partial charge in [-0.15, -0.1) is 0 Å². The molecular formula is C20H22N4O3S. The molecule has 0 radical (unpaired) electrons. The van der Waals surface area contributed by atoms with Gasteiger partial charge in [0.05, 0.1) is 10.4 Å². The number of benzene rings is 2. The van der Waals surface area contributed by atoms with Crippen LogP contribution in [0.4, 0.5) is 5.82 Å². The molecule has 3 aromatic rings. The van der Waals surface area contributed by atoms with Crippen molar-refractivity contribution in [3.05, 3.63) is 60.4 Å². The number of nitrogens with zero attached hydrogens (tertiary/aromatic N) is 3. The highest BCUT2D eigenvalue weighted by Gasteiger charge is 2.22. The topological polar surface area (TPSA) is 92.3 Å². The lowest BCUT2D eigenvalue weighted by atomic mass is 10.0. The third-order valence-corrected chi connectivity index (χ3v) is 5.48. The average Bonchev–Trinajstić information content (AvgIpc) is 2.66. The Morgan fingerprint density at radius 1 is 1.11 bits per heavy atom. The number of sulfone groups is 1. The predicted molar refractivity (Wildman–Crippen MR) is 109 cm³/mol.